The van der Waals surface area contributed by atoms with Crippen LogP contribution in [0.3, 0.4) is 0 Å². The van der Waals surface area contributed by atoms with Crippen LogP contribution in [0, 0.1) is 0 Å². The van der Waals surface area contributed by atoms with Gasteiger partial charge in [-0.1, -0.05) is 0 Å². The average Bonchev–Trinajstić information content (AvgIpc) is 2.73. The smallest absolute Gasteiger partial charge is 0.305 e. The van der Waals surface area contributed by atoms with E-state index in [-0.39, 0.29) is 30.5 Å². The second-order valence-corrected chi connectivity index (χ2v) is 6.83. The van der Waals surface area contributed by atoms with E-state index in [4.69, 9.17) is 0 Å². The number of rotatable bonds is 8. The van der Waals surface area contributed by atoms with Crippen molar-refractivity contribution in [2.45, 2.75) is 38.6 Å². The summed E-state index contributed by atoms with van der Waals surface area (Å²) in [5.74, 6) is -0.474. The van der Waals surface area contributed by atoms with E-state index in [2.05, 4.69) is 9.46 Å². The SMILES string of the molecule is COC(=O)CCCS(=O)(=O)NC(C)CN1CCCC1=O. The first-order valence-corrected chi connectivity index (χ1v) is 8.34. The summed E-state index contributed by atoms with van der Waals surface area (Å²) >= 11 is 0. The molecule has 0 aromatic rings. The van der Waals surface area contributed by atoms with E-state index in [1.54, 1.807) is 11.8 Å². The van der Waals surface area contributed by atoms with Crippen molar-refractivity contribution in [3.8, 4) is 0 Å². The number of carbonyl (C=O) groups excluding carboxylic acids is 2. The van der Waals surface area contributed by atoms with Gasteiger partial charge in [-0.2, -0.15) is 0 Å². The zero-order valence-electron chi connectivity index (χ0n) is 11.9. The van der Waals surface area contributed by atoms with E-state index in [9.17, 15) is 18.0 Å². The maximum Gasteiger partial charge on any atom is 0.305 e. The summed E-state index contributed by atoms with van der Waals surface area (Å²) in [5.41, 5.74) is 0. The molecule has 0 aromatic carbocycles. The van der Waals surface area contributed by atoms with Crippen LogP contribution >= 0.6 is 0 Å². The lowest BCUT2D eigenvalue weighted by Crippen LogP contribution is -2.43. The van der Waals surface area contributed by atoms with Gasteiger partial charge in [-0.15, -0.1) is 0 Å². The third kappa shape index (κ3) is 5.87. The second-order valence-electron chi connectivity index (χ2n) is 4.96. The molecular weight excluding hydrogens is 284 g/mol. The van der Waals surface area contributed by atoms with Gasteiger partial charge in [-0.3, -0.25) is 9.59 Å². The molecular formula is C12H22N2O5S. The quantitative estimate of drug-likeness (QED) is 0.631. The molecule has 1 atom stereocenters. The Labute approximate surface area is 119 Å². The van der Waals surface area contributed by atoms with Crippen molar-refractivity contribution in [2.75, 3.05) is 26.0 Å². The molecule has 1 aliphatic heterocycles. The minimum absolute atomic E-state index is 0.0711. The fraction of sp³-hybridized carbons (Fsp3) is 0.833. The molecule has 0 aromatic heterocycles. The van der Waals surface area contributed by atoms with Gasteiger partial charge in [0.15, 0.2) is 0 Å². The van der Waals surface area contributed by atoms with Gasteiger partial charge in [-0.25, -0.2) is 13.1 Å². The van der Waals surface area contributed by atoms with Crippen LogP contribution in [-0.4, -0.2) is 57.2 Å². The van der Waals surface area contributed by atoms with E-state index in [1.165, 1.54) is 7.11 Å². The first kappa shape index (κ1) is 16.9. The molecule has 1 rings (SSSR count). The highest BCUT2D eigenvalue weighted by atomic mass is 32.2. The lowest BCUT2D eigenvalue weighted by atomic mass is 10.3. The van der Waals surface area contributed by atoms with Gasteiger partial charge in [0.2, 0.25) is 15.9 Å². The Morgan fingerprint density at radius 2 is 2.20 bits per heavy atom. The van der Waals surface area contributed by atoms with Crippen molar-refractivity contribution in [2.24, 2.45) is 0 Å². The Morgan fingerprint density at radius 3 is 2.75 bits per heavy atom. The summed E-state index contributed by atoms with van der Waals surface area (Å²) in [6.07, 6.45) is 1.67. The first-order valence-electron chi connectivity index (χ1n) is 6.68. The van der Waals surface area contributed by atoms with Gasteiger partial charge in [-0.05, 0) is 19.8 Å². The molecule has 1 unspecified atom stereocenters. The summed E-state index contributed by atoms with van der Waals surface area (Å²) < 4.78 is 30.6. The van der Waals surface area contributed by atoms with Crippen molar-refractivity contribution in [3.63, 3.8) is 0 Å². The fourth-order valence-corrected chi connectivity index (χ4v) is 3.47. The third-order valence-corrected chi connectivity index (χ3v) is 4.66. The molecule has 7 nitrogen and oxygen atoms in total. The van der Waals surface area contributed by atoms with Crippen molar-refractivity contribution in [1.82, 2.24) is 9.62 Å². The Kier molecular flexibility index (Phi) is 6.41. The summed E-state index contributed by atoms with van der Waals surface area (Å²) in [6, 6.07) is -0.333. The predicted octanol–water partition coefficient (Wildman–Crippen LogP) is -0.130. The highest BCUT2D eigenvalue weighted by molar-refractivity contribution is 7.89. The number of likely N-dealkylation sites (tertiary alicyclic amines) is 1. The number of nitrogens with zero attached hydrogens (tertiary/aromatic N) is 1. The number of amides is 1. The molecule has 1 amide bonds. The lowest BCUT2D eigenvalue weighted by Gasteiger charge is -2.21. The Balaban J connectivity index is 2.33. The molecule has 0 saturated carbocycles. The topological polar surface area (TPSA) is 92.8 Å². The van der Waals surface area contributed by atoms with Gasteiger partial charge in [0.05, 0.1) is 12.9 Å². The van der Waals surface area contributed by atoms with E-state index >= 15 is 0 Å². The fourth-order valence-electron chi connectivity index (χ4n) is 2.14. The molecule has 1 aliphatic rings. The predicted molar refractivity (Wildman–Crippen MR) is 73.4 cm³/mol. The highest BCUT2D eigenvalue weighted by Gasteiger charge is 2.23. The van der Waals surface area contributed by atoms with Gasteiger partial charge in [0.1, 0.15) is 0 Å². The Hall–Kier alpha value is -1.15. The van der Waals surface area contributed by atoms with E-state index < -0.39 is 16.0 Å². The molecule has 1 saturated heterocycles. The zero-order valence-corrected chi connectivity index (χ0v) is 12.7. The van der Waals surface area contributed by atoms with E-state index in [0.29, 0.717) is 19.5 Å². The normalized spacial score (nSPS) is 17.3. The highest BCUT2D eigenvalue weighted by Crippen LogP contribution is 2.10. The van der Waals surface area contributed by atoms with Crippen molar-refractivity contribution in [1.29, 1.82) is 0 Å². The maximum atomic E-state index is 11.8. The average molecular weight is 306 g/mol. The van der Waals surface area contributed by atoms with Crippen LogP contribution in [-0.2, 0) is 24.3 Å². The molecule has 116 valence electrons. The minimum Gasteiger partial charge on any atom is -0.469 e. The first-order chi connectivity index (χ1) is 9.34. The van der Waals surface area contributed by atoms with Crippen LogP contribution in [0.5, 0.6) is 0 Å². The van der Waals surface area contributed by atoms with Crippen LogP contribution in [0.25, 0.3) is 0 Å². The van der Waals surface area contributed by atoms with Crippen LogP contribution < -0.4 is 4.72 Å². The van der Waals surface area contributed by atoms with Gasteiger partial charge >= 0.3 is 5.97 Å². The number of methoxy groups -OCH3 is 1. The van der Waals surface area contributed by atoms with Gasteiger partial charge < -0.3 is 9.64 Å². The molecule has 8 heteroatoms. The zero-order chi connectivity index (χ0) is 15.2. The number of hydrogen-bond acceptors (Lipinski definition) is 5. The van der Waals surface area contributed by atoms with Crippen LogP contribution in [0.4, 0.5) is 0 Å². The molecule has 1 heterocycles. The summed E-state index contributed by atoms with van der Waals surface area (Å²) in [5, 5.41) is 0. The number of carbonyl (C=O) groups is 2. The summed E-state index contributed by atoms with van der Waals surface area (Å²) in [4.78, 5) is 24.0. The summed E-state index contributed by atoms with van der Waals surface area (Å²) in [6.45, 7) is 2.80. The Morgan fingerprint density at radius 1 is 1.50 bits per heavy atom. The molecule has 0 aliphatic carbocycles. The lowest BCUT2D eigenvalue weighted by molar-refractivity contribution is -0.140. The Bertz CT molecular complexity index is 449. The van der Waals surface area contributed by atoms with Crippen molar-refractivity contribution >= 4 is 21.9 Å². The van der Waals surface area contributed by atoms with Gasteiger partial charge in [0, 0.05) is 32.0 Å². The number of hydrogen-bond donors (Lipinski definition) is 1. The number of nitrogens with one attached hydrogen (secondary N) is 1. The maximum absolute atomic E-state index is 11.8. The monoisotopic (exact) mass is 306 g/mol. The number of esters is 1. The minimum atomic E-state index is -3.44. The molecule has 1 fully saturated rings. The number of sulfonamides is 1. The van der Waals surface area contributed by atoms with Crippen molar-refractivity contribution < 1.29 is 22.7 Å². The van der Waals surface area contributed by atoms with Crippen LogP contribution in [0.2, 0.25) is 0 Å². The molecule has 0 radical (unpaired) electrons. The van der Waals surface area contributed by atoms with E-state index in [1.807, 2.05) is 0 Å². The summed E-state index contributed by atoms with van der Waals surface area (Å²) in [7, 11) is -2.17. The van der Waals surface area contributed by atoms with E-state index in [0.717, 1.165) is 6.42 Å². The number of ether oxygens (including phenoxy) is 1. The molecule has 0 bridgehead atoms. The molecule has 0 spiro atoms. The van der Waals surface area contributed by atoms with Gasteiger partial charge in [0.25, 0.3) is 0 Å². The second kappa shape index (κ2) is 7.58. The third-order valence-electron chi connectivity index (χ3n) is 3.07. The van der Waals surface area contributed by atoms with Crippen LogP contribution in [0.15, 0.2) is 0 Å². The van der Waals surface area contributed by atoms with Crippen molar-refractivity contribution in [3.05, 3.63) is 0 Å². The standard InChI is InChI=1S/C12H22N2O5S/c1-10(9-14-7-3-5-11(14)15)13-20(17,18)8-4-6-12(16)19-2/h10,13H,3-9H2,1-2H3. The molecule has 1 N–H and O–H groups in total. The van der Waals surface area contributed by atoms with Crippen LogP contribution in [0.1, 0.15) is 32.6 Å². The largest absolute Gasteiger partial charge is 0.469 e. The molecule has 20 heavy (non-hydrogen) atoms.